The van der Waals surface area contributed by atoms with Crippen LogP contribution < -0.4 is 5.32 Å². The second-order valence-electron chi connectivity index (χ2n) is 6.91. The van der Waals surface area contributed by atoms with Gasteiger partial charge in [0, 0.05) is 16.4 Å². The fourth-order valence-corrected chi connectivity index (χ4v) is 4.21. The number of carbonyl (C=O) groups excluding carboxylic acids is 1. The monoisotopic (exact) mass is 437 g/mol. The predicted octanol–water partition coefficient (Wildman–Crippen LogP) is 4.39. The summed E-state index contributed by atoms with van der Waals surface area (Å²) in [7, 11) is 0. The van der Waals surface area contributed by atoms with Gasteiger partial charge in [0.25, 0.3) is 5.78 Å². The number of hydrogen-bond donors (Lipinski definition) is 1. The zero-order valence-corrected chi connectivity index (χ0v) is 18.1. The van der Waals surface area contributed by atoms with Crippen molar-refractivity contribution in [2.24, 2.45) is 0 Å². The number of nitrogens with one attached hydrogen (secondary N) is 1. The fraction of sp³-hybridized carbons (Fsp3) is 0.182. The van der Waals surface area contributed by atoms with E-state index in [0.29, 0.717) is 16.0 Å². The molecule has 152 valence electrons. The second kappa shape index (κ2) is 8.85. The lowest BCUT2D eigenvalue weighted by molar-refractivity contribution is -0.119. The molecular formula is C22H20ClN5OS. The van der Waals surface area contributed by atoms with E-state index >= 15 is 0 Å². The van der Waals surface area contributed by atoms with Crippen molar-refractivity contribution in [3.05, 3.63) is 88.2 Å². The lowest BCUT2D eigenvalue weighted by atomic mass is 9.99. The topological polar surface area (TPSA) is 72.2 Å². The highest BCUT2D eigenvalue weighted by atomic mass is 35.5. The number of rotatable bonds is 6. The molecule has 0 fully saturated rings. The molecule has 0 aliphatic rings. The van der Waals surface area contributed by atoms with E-state index in [2.05, 4.69) is 20.5 Å². The Hall–Kier alpha value is -2.90. The van der Waals surface area contributed by atoms with Crippen LogP contribution in [0.2, 0.25) is 5.02 Å². The van der Waals surface area contributed by atoms with Crippen molar-refractivity contribution in [2.75, 3.05) is 5.75 Å². The Labute approximate surface area is 183 Å². The maximum atomic E-state index is 12.8. The minimum atomic E-state index is -0.266. The van der Waals surface area contributed by atoms with Gasteiger partial charge < -0.3 is 5.32 Å². The van der Waals surface area contributed by atoms with Gasteiger partial charge in [-0.3, -0.25) is 9.20 Å². The van der Waals surface area contributed by atoms with E-state index < -0.39 is 0 Å². The van der Waals surface area contributed by atoms with Crippen molar-refractivity contribution >= 4 is 35.0 Å². The molecule has 4 rings (SSSR count). The Morgan fingerprint density at radius 1 is 1.07 bits per heavy atom. The van der Waals surface area contributed by atoms with Crippen molar-refractivity contribution in [1.82, 2.24) is 24.9 Å². The van der Waals surface area contributed by atoms with Gasteiger partial charge in [-0.15, -0.1) is 10.2 Å². The quantitative estimate of drug-likeness (QED) is 0.453. The first kappa shape index (κ1) is 20.4. The molecule has 8 heteroatoms. The number of hydrogen-bond acceptors (Lipinski definition) is 5. The van der Waals surface area contributed by atoms with Crippen LogP contribution in [0.25, 0.3) is 5.78 Å². The Morgan fingerprint density at radius 2 is 1.77 bits per heavy atom. The average molecular weight is 438 g/mol. The molecule has 2 aromatic carbocycles. The molecule has 1 atom stereocenters. The summed E-state index contributed by atoms with van der Waals surface area (Å²) in [5, 5.41) is 12.7. The van der Waals surface area contributed by atoms with Crippen LogP contribution in [0.1, 0.15) is 28.6 Å². The molecule has 2 heterocycles. The van der Waals surface area contributed by atoms with Gasteiger partial charge in [0.15, 0.2) is 5.16 Å². The van der Waals surface area contributed by atoms with Crippen molar-refractivity contribution in [3.63, 3.8) is 0 Å². The zero-order valence-electron chi connectivity index (χ0n) is 16.5. The molecule has 1 unspecified atom stereocenters. The van der Waals surface area contributed by atoms with Gasteiger partial charge in [-0.25, -0.2) is 4.98 Å². The highest BCUT2D eigenvalue weighted by Crippen LogP contribution is 2.24. The third kappa shape index (κ3) is 4.47. The van der Waals surface area contributed by atoms with Crippen LogP contribution in [0.15, 0.2) is 65.8 Å². The molecule has 0 aliphatic heterocycles. The van der Waals surface area contributed by atoms with Gasteiger partial charge in [-0.05, 0) is 43.2 Å². The zero-order chi connectivity index (χ0) is 21.1. The Morgan fingerprint density at radius 3 is 2.50 bits per heavy atom. The summed E-state index contributed by atoms with van der Waals surface area (Å²) in [4.78, 5) is 17.2. The number of carbonyl (C=O) groups is 1. The van der Waals surface area contributed by atoms with E-state index in [1.54, 1.807) is 0 Å². The average Bonchev–Trinajstić information content (AvgIpc) is 3.15. The lowest BCUT2D eigenvalue weighted by Crippen LogP contribution is -2.30. The van der Waals surface area contributed by atoms with E-state index in [0.717, 1.165) is 22.5 Å². The normalized spacial score (nSPS) is 12.1. The van der Waals surface area contributed by atoms with E-state index in [9.17, 15) is 4.79 Å². The van der Waals surface area contributed by atoms with Crippen LogP contribution in [0.4, 0.5) is 0 Å². The van der Waals surface area contributed by atoms with Gasteiger partial charge >= 0.3 is 0 Å². The first-order valence-corrected chi connectivity index (χ1v) is 10.8. The van der Waals surface area contributed by atoms with Crippen LogP contribution >= 0.6 is 23.4 Å². The van der Waals surface area contributed by atoms with Gasteiger partial charge in [0.2, 0.25) is 5.91 Å². The van der Waals surface area contributed by atoms with Gasteiger partial charge in [0.1, 0.15) is 0 Å². The minimum Gasteiger partial charge on any atom is -0.344 e. The summed E-state index contributed by atoms with van der Waals surface area (Å²) < 4.78 is 1.86. The maximum Gasteiger partial charge on any atom is 0.256 e. The number of benzene rings is 2. The number of nitrogens with zero attached hydrogens (tertiary/aromatic N) is 4. The summed E-state index contributed by atoms with van der Waals surface area (Å²) in [5.74, 6) is 0.655. The molecule has 0 aliphatic carbocycles. The molecule has 4 aromatic rings. The molecule has 0 saturated carbocycles. The number of aryl methyl sites for hydroxylation is 2. The second-order valence-corrected chi connectivity index (χ2v) is 8.29. The van der Waals surface area contributed by atoms with Crippen molar-refractivity contribution < 1.29 is 4.79 Å². The summed E-state index contributed by atoms with van der Waals surface area (Å²) in [5.41, 5.74) is 3.83. The molecule has 0 radical (unpaired) electrons. The summed E-state index contributed by atoms with van der Waals surface area (Å²) in [6, 6.07) is 19.1. The number of fused-ring (bicyclic) bond motifs is 1. The summed E-state index contributed by atoms with van der Waals surface area (Å²) >= 11 is 7.37. The van der Waals surface area contributed by atoms with Crippen LogP contribution in [0.3, 0.4) is 0 Å². The highest BCUT2D eigenvalue weighted by Gasteiger charge is 2.18. The first-order valence-electron chi connectivity index (χ1n) is 9.43. The third-order valence-electron chi connectivity index (χ3n) is 4.64. The third-order valence-corrected chi connectivity index (χ3v) is 5.82. The van der Waals surface area contributed by atoms with E-state index in [4.69, 9.17) is 11.6 Å². The highest BCUT2D eigenvalue weighted by molar-refractivity contribution is 7.99. The number of thioether (sulfide) groups is 1. The van der Waals surface area contributed by atoms with Crippen LogP contribution in [-0.4, -0.2) is 31.2 Å². The van der Waals surface area contributed by atoms with Crippen LogP contribution in [0.5, 0.6) is 0 Å². The molecule has 0 spiro atoms. The van der Waals surface area contributed by atoms with Gasteiger partial charge in [-0.1, -0.05) is 65.8 Å². The first-order chi connectivity index (χ1) is 14.5. The van der Waals surface area contributed by atoms with E-state index in [1.165, 1.54) is 11.8 Å². The Bertz CT molecular complexity index is 1180. The Kier molecular flexibility index (Phi) is 6.01. The molecule has 0 bridgehead atoms. The maximum absolute atomic E-state index is 12.8. The van der Waals surface area contributed by atoms with Crippen molar-refractivity contribution in [1.29, 1.82) is 0 Å². The van der Waals surface area contributed by atoms with Crippen LogP contribution in [0, 0.1) is 13.8 Å². The van der Waals surface area contributed by atoms with Crippen molar-refractivity contribution in [3.8, 4) is 0 Å². The van der Waals surface area contributed by atoms with E-state index in [1.807, 2.05) is 78.9 Å². The largest absolute Gasteiger partial charge is 0.344 e. The summed E-state index contributed by atoms with van der Waals surface area (Å²) in [6.45, 7) is 3.89. The molecule has 0 saturated heterocycles. The van der Waals surface area contributed by atoms with Gasteiger partial charge in [0.05, 0.1) is 11.8 Å². The minimum absolute atomic E-state index is 0.0988. The number of amides is 1. The molecular weight excluding hydrogens is 418 g/mol. The lowest BCUT2D eigenvalue weighted by Gasteiger charge is -2.20. The summed E-state index contributed by atoms with van der Waals surface area (Å²) in [6.07, 6.45) is 0. The smallest absolute Gasteiger partial charge is 0.256 e. The Balaban J connectivity index is 1.51. The molecule has 1 amide bonds. The number of halogens is 1. The standard InChI is InChI=1S/C22H20ClN5OS/c1-14-12-15(2)28-21(24-14)26-27-22(28)30-13-19(29)25-20(16-6-4-3-5-7-16)17-8-10-18(23)11-9-17/h3-12,20H,13H2,1-2H3,(H,25,29). The molecule has 2 aromatic heterocycles. The molecule has 1 N–H and O–H groups in total. The SMILES string of the molecule is Cc1cc(C)n2c(SCC(=O)NC(c3ccccc3)c3ccc(Cl)cc3)nnc2n1. The van der Waals surface area contributed by atoms with Crippen molar-refractivity contribution in [2.45, 2.75) is 25.0 Å². The fourth-order valence-electron chi connectivity index (χ4n) is 3.29. The number of aromatic nitrogens is 4. The van der Waals surface area contributed by atoms with Gasteiger partial charge in [-0.2, -0.15) is 0 Å². The predicted molar refractivity (Wildman–Crippen MR) is 119 cm³/mol. The molecule has 30 heavy (non-hydrogen) atoms. The molecule has 6 nitrogen and oxygen atoms in total. The van der Waals surface area contributed by atoms with Crippen LogP contribution in [-0.2, 0) is 4.79 Å². The van der Waals surface area contributed by atoms with E-state index in [-0.39, 0.29) is 17.7 Å².